The average Bonchev–Trinajstić information content (AvgIpc) is 3.31. The van der Waals surface area contributed by atoms with E-state index in [4.69, 9.17) is 23.3 Å². The van der Waals surface area contributed by atoms with Gasteiger partial charge in [-0.15, -0.1) is 0 Å². The number of hydrogen-bond donors (Lipinski definition) is 13. The van der Waals surface area contributed by atoms with Crippen molar-refractivity contribution in [3.63, 3.8) is 0 Å². The number of amides is 2. The molecule has 2 aliphatic heterocycles. The van der Waals surface area contributed by atoms with Crippen LogP contribution in [0.5, 0.6) is 0 Å². The summed E-state index contributed by atoms with van der Waals surface area (Å²) in [7, 11) is -11.0. The number of carbonyl (C=O) groups is 3. The topological polar surface area (TPSA) is 378 Å². The van der Waals surface area contributed by atoms with E-state index in [1.54, 1.807) is 0 Å². The SMILES string of the molecule is CCCCCCCCCC[C@H](O)C(=O)O[C@H](CCCCCCCCC)CC(=O)N[C@@H]1[C@H](OP(=O)(O)O)O[C@H](C(O)[C@@H]2O[C@H](CO)[C@@H](OP(=O)(O)O)[C@H](O)[C@@H]2NC(=O)C[C@H](O)CCCCCCCCC)[C@@H](O)[C@@H]1O. The highest BCUT2D eigenvalue weighted by Crippen LogP contribution is 2.44. The summed E-state index contributed by atoms with van der Waals surface area (Å²) in [5, 5.41) is 82.4. The summed E-state index contributed by atoms with van der Waals surface area (Å²) in [4.78, 5) is 79.2. The quantitative estimate of drug-likeness (QED) is 0.0236. The summed E-state index contributed by atoms with van der Waals surface area (Å²) in [6.07, 6.45) is -3.01. The van der Waals surface area contributed by atoms with Gasteiger partial charge in [0.2, 0.25) is 11.8 Å². The van der Waals surface area contributed by atoms with E-state index in [-0.39, 0.29) is 19.3 Å². The van der Waals surface area contributed by atoms with Gasteiger partial charge in [-0.1, -0.05) is 156 Å². The molecule has 2 amide bonds. The number of rotatable bonds is 40. The van der Waals surface area contributed by atoms with E-state index in [0.29, 0.717) is 19.3 Å². The number of hydrogen-bond acceptors (Lipinski definition) is 17. The van der Waals surface area contributed by atoms with Gasteiger partial charge in [-0.2, -0.15) is 0 Å². The molecular formula is C48H92N2O21P2. The second-order valence-corrected chi connectivity index (χ2v) is 22.2. The maximum absolute atomic E-state index is 13.7. The van der Waals surface area contributed by atoms with Crippen LogP contribution in [0, 0.1) is 0 Å². The molecular weight excluding hydrogens is 1000 g/mol. The molecule has 13 N–H and O–H groups in total. The van der Waals surface area contributed by atoms with Crippen molar-refractivity contribution in [2.24, 2.45) is 0 Å². The Morgan fingerprint density at radius 1 is 0.548 bits per heavy atom. The van der Waals surface area contributed by atoms with Crippen LogP contribution in [0.1, 0.15) is 194 Å². The van der Waals surface area contributed by atoms with Gasteiger partial charge in [-0.3, -0.25) is 18.6 Å². The number of ether oxygens (including phenoxy) is 3. The molecule has 25 heteroatoms. The van der Waals surface area contributed by atoms with Crippen molar-refractivity contribution >= 4 is 33.4 Å². The number of carbonyl (C=O) groups excluding carboxylic acids is 3. The number of aliphatic hydroxyl groups excluding tert-OH is 7. The molecule has 2 rings (SSSR count). The fourth-order valence-corrected chi connectivity index (χ4v) is 10.4. The molecule has 2 fully saturated rings. The van der Waals surface area contributed by atoms with Gasteiger partial charge in [0.15, 0.2) is 12.4 Å². The van der Waals surface area contributed by atoms with E-state index >= 15 is 0 Å². The largest absolute Gasteiger partial charge is 0.472 e. The Bertz CT molecular complexity index is 1630. The van der Waals surface area contributed by atoms with Crippen molar-refractivity contribution in [2.45, 2.75) is 280 Å². The van der Waals surface area contributed by atoms with Crippen LogP contribution >= 0.6 is 15.6 Å². The minimum Gasteiger partial charge on any atom is -0.460 e. The van der Waals surface area contributed by atoms with Gasteiger partial charge in [0.1, 0.15) is 61.0 Å². The van der Waals surface area contributed by atoms with Crippen LogP contribution in [0.2, 0.25) is 0 Å². The lowest BCUT2D eigenvalue weighted by atomic mass is 9.84. The second kappa shape index (κ2) is 36.4. The predicted molar refractivity (Wildman–Crippen MR) is 266 cm³/mol. The van der Waals surface area contributed by atoms with E-state index in [1.165, 1.54) is 6.42 Å². The van der Waals surface area contributed by atoms with Crippen LogP contribution in [0.3, 0.4) is 0 Å². The number of phosphoric acid groups is 2. The maximum atomic E-state index is 13.7. The first-order chi connectivity index (χ1) is 34.6. The molecule has 73 heavy (non-hydrogen) atoms. The number of aliphatic hydroxyl groups is 7. The first-order valence-corrected chi connectivity index (χ1v) is 29.9. The standard InChI is InChI=1S/C48H92N2O21P2/c1-4-7-10-13-16-19-22-25-28-34(53)47(60)67-33(27-24-21-18-15-12-9-6-3)30-37(55)50-39-40(56)42(58)46(69-48(39)71-73(64,65)66)43(59)45-38(41(57)44(35(31-51)68-45)70-72(61,62)63)49-36(54)29-32(52)26-23-20-17-14-11-8-5-2/h32-35,38-46,48,51-53,56-59H,4-31H2,1-3H3,(H,49,54)(H,50,55)(H2,61,62,63)(H2,64,65,66)/t32-,33-,34+,35-,38+,39+,40-,41-,42+,43?,44-,45-,46+,48+/m1/s1. The lowest BCUT2D eigenvalue weighted by Gasteiger charge is -2.49. The molecule has 2 saturated heterocycles. The Morgan fingerprint density at radius 3 is 1.49 bits per heavy atom. The molecule has 23 nitrogen and oxygen atoms in total. The van der Waals surface area contributed by atoms with Crippen LogP contribution < -0.4 is 10.6 Å². The highest BCUT2D eigenvalue weighted by atomic mass is 31.2. The number of esters is 1. The Balaban J connectivity index is 2.31. The van der Waals surface area contributed by atoms with E-state index in [9.17, 15) is 78.8 Å². The molecule has 0 aromatic carbocycles. The molecule has 0 aliphatic carbocycles. The molecule has 0 bridgehead atoms. The summed E-state index contributed by atoms with van der Waals surface area (Å²) in [6, 6.07) is -3.91. The zero-order valence-electron chi connectivity index (χ0n) is 43.3. The summed E-state index contributed by atoms with van der Waals surface area (Å²) in [5.74, 6) is -2.84. The first-order valence-electron chi connectivity index (χ1n) is 26.8. The van der Waals surface area contributed by atoms with Crippen molar-refractivity contribution in [2.75, 3.05) is 6.61 Å². The van der Waals surface area contributed by atoms with Crippen LogP contribution in [-0.2, 0) is 46.8 Å². The first kappa shape index (κ1) is 67.4. The van der Waals surface area contributed by atoms with Crippen molar-refractivity contribution < 1.29 is 102 Å². The Labute approximate surface area is 431 Å². The summed E-state index contributed by atoms with van der Waals surface area (Å²) >= 11 is 0. The van der Waals surface area contributed by atoms with Gasteiger partial charge in [-0.25, -0.2) is 13.9 Å². The number of unbranched alkanes of at least 4 members (excludes halogenated alkanes) is 19. The molecule has 0 saturated carbocycles. The lowest BCUT2D eigenvalue weighted by molar-refractivity contribution is -0.286. The third-order valence-electron chi connectivity index (χ3n) is 13.4. The number of nitrogens with one attached hydrogen (secondary N) is 2. The lowest BCUT2D eigenvalue weighted by Crippen LogP contribution is -2.72. The minimum absolute atomic E-state index is 0.144. The van der Waals surface area contributed by atoms with Gasteiger partial charge >= 0.3 is 21.6 Å². The van der Waals surface area contributed by atoms with Crippen molar-refractivity contribution in [1.29, 1.82) is 0 Å². The third-order valence-corrected chi connectivity index (χ3v) is 14.4. The fourth-order valence-electron chi connectivity index (χ4n) is 9.33. The zero-order valence-corrected chi connectivity index (χ0v) is 45.1. The van der Waals surface area contributed by atoms with Crippen molar-refractivity contribution in [3.05, 3.63) is 0 Å². The molecule has 430 valence electrons. The summed E-state index contributed by atoms with van der Waals surface area (Å²) in [6.45, 7) is 5.22. The predicted octanol–water partition coefficient (Wildman–Crippen LogP) is 3.70. The maximum Gasteiger partial charge on any atom is 0.472 e. The van der Waals surface area contributed by atoms with E-state index < -0.39 is 138 Å². The van der Waals surface area contributed by atoms with Crippen LogP contribution in [0.25, 0.3) is 0 Å². The smallest absolute Gasteiger partial charge is 0.460 e. The molecule has 1 unspecified atom stereocenters. The van der Waals surface area contributed by atoms with Crippen molar-refractivity contribution in [3.8, 4) is 0 Å². The van der Waals surface area contributed by atoms with Crippen LogP contribution in [0.15, 0.2) is 0 Å². The van der Waals surface area contributed by atoms with Gasteiger partial charge in [-0.05, 0) is 25.7 Å². The minimum atomic E-state index is -5.60. The van der Waals surface area contributed by atoms with Gasteiger partial charge in [0, 0.05) is 0 Å². The van der Waals surface area contributed by atoms with Gasteiger partial charge in [0.25, 0.3) is 0 Å². The van der Waals surface area contributed by atoms with E-state index in [0.717, 1.165) is 116 Å². The molecule has 0 aromatic heterocycles. The fraction of sp³-hybridized carbons (Fsp3) is 0.938. The zero-order chi connectivity index (χ0) is 54.6. The average molecular weight is 1100 g/mol. The summed E-state index contributed by atoms with van der Waals surface area (Å²) < 4.78 is 50.7. The van der Waals surface area contributed by atoms with E-state index in [2.05, 4.69) is 31.4 Å². The second-order valence-electron chi connectivity index (χ2n) is 19.8. The van der Waals surface area contributed by atoms with Gasteiger partial charge in [0.05, 0.1) is 31.6 Å². The molecule has 14 atom stereocenters. The Morgan fingerprint density at radius 2 is 1.00 bits per heavy atom. The normalized spacial score (nSPS) is 26.4. The molecule has 0 aromatic rings. The van der Waals surface area contributed by atoms with Crippen LogP contribution in [-0.4, -0.2) is 165 Å². The Hall–Kier alpha value is -1.73. The molecule has 0 radical (unpaired) electrons. The highest BCUT2D eigenvalue weighted by Gasteiger charge is 2.56. The Kier molecular flexibility index (Phi) is 33.6. The third kappa shape index (κ3) is 26.9. The molecule has 2 aliphatic rings. The van der Waals surface area contributed by atoms with E-state index in [1.807, 2.05) is 0 Å². The van der Waals surface area contributed by atoms with Gasteiger partial charge < -0.3 is 80.2 Å². The monoisotopic (exact) mass is 1090 g/mol. The van der Waals surface area contributed by atoms with Crippen molar-refractivity contribution in [1.82, 2.24) is 10.6 Å². The number of phosphoric ester groups is 2. The molecule has 0 spiro atoms. The molecule has 2 heterocycles. The summed E-state index contributed by atoms with van der Waals surface area (Å²) in [5.41, 5.74) is 0. The van der Waals surface area contributed by atoms with Crippen LogP contribution in [0.4, 0.5) is 0 Å². The highest BCUT2D eigenvalue weighted by molar-refractivity contribution is 7.46.